The van der Waals surface area contributed by atoms with Gasteiger partial charge in [0.1, 0.15) is 11.4 Å². The summed E-state index contributed by atoms with van der Waals surface area (Å²) in [6, 6.07) is 6.18. The van der Waals surface area contributed by atoms with Gasteiger partial charge in [0.15, 0.2) is 0 Å². The van der Waals surface area contributed by atoms with Gasteiger partial charge in [-0.1, -0.05) is 25.0 Å². The monoisotopic (exact) mass is 260 g/mol. The Morgan fingerprint density at radius 2 is 2.21 bits per heavy atom. The predicted octanol–water partition coefficient (Wildman–Crippen LogP) is 4.15. The number of aryl methyl sites for hydroxylation is 1. The van der Waals surface area contributed by atoms with Crippen molar-refractivity contribution in [1.29, 1.82) is 0 Å². The predicted molar refractivity (Wildman–Crippen MR) is 76.4 cm³/mol. The van der Waals surface area contributed by atoms with Crippen molar-refractivity contribution in [3.05, 3.63) is 29.3 Å². The van der Waals surface area contributed by atoms with Crippen molar-refractivity contribution in [2.45, 2.75) is 64.1 Å². The third-order valence-electron chi connectivity index (χ3n) is 5.02. The quantitative estimate of drug-likeness (QED) is 0.822. The molecule has 104 valence electrons. The topological polar surface area (TPSA) is 29.5 Å². The molecule has 3 rings (SSSR count). The van der Waals surface area contributed by atoms with Crippen LogP contribution in [0, 0.1) is 12.8 Å². The molecule has 1 spiro atoms. The van der Waals surface area contributed by atoms with Gasteiger partial charge in [-0.25, -0.2) is 0 Å². The summed E-state index contributed by atoms with van der Waals surface area (Å²) in [6.45, 7) is 4.31. The van der Waals surface area contributed by atoms with Gasteiger partial charge < -0.3 is 9.84 Å². The van der Waals surface area contributed by atoms with E-state index in [0.717, 1.165) is 30.6 Å². The molecule has 19 heavy (non-hydrogen) atoms. The molecule has 2 unspecified atom stereocenters. The SMILES string of the molecule is CCC1CCCCC12C[C@H](O)c1cc(C)ccc1O2. The lowest BCUT2D eigenvalue weighted by molar-refractivity contribution is -0.0782. The average molecular weight is 260 g/mol. The van der Waals surface area contributed by atoms with E-state index in [0.29, 0.717) is 5.92 Å². The van der Waals surface area contributed by atoms with Gasteiger partial charge in [0.2, 0.25) is 0 Å². The van der Waals surface area contributed by atoms with E-state index < -0.39 is 0 Å². The number of benzene rings is 1. The Bertz CT molecular complexity index is 468. The zero-order chi connectivity index (χ0) is 13.5. The van der Waals surface area contributed by atoms with Crippen molar-refractivity contribution in [2.75, 3.05) is 0 Å². The minimum Gasteiger partial charge on any atom is -0.486 e. The third-order valence-corrected chi connectivity index (χ3v) is 5.02. The fourth-order valence-corrected chi connectivity index (χ4v) is 3.98. The van der Waals surface area contributed by atoms with Crippen LogP contribution in [0.25, 0.3) is 0 Å². The standard InChI is InChI=1S/C17H24O2/c1-3-13-6-4-5-9-17(13)11-15(18)14-10-12(2)7-8-16(14)19-17/h7-8,10,13,15,18H,3-6,9,11H2,1-2H3/t13?,15-,17?/m0/s1. The highest BCUT2D eigenvalue weighted by Gasteiger charge is 2.46. The van der Waals surface area contributed by atoms with Crippen molar-refractivity contribution in [3.63, 3.8) is 0 Å². The number of hydrogen-bond donors (Lipinski definition) is 1. The molecule has 2 heteroatoms. The summed E-state index contributed by atoms with van der Waals surface area (Å²) in [4.78, 5) is 0. The van der Waals surface area contributed by atoms with Gasteiger partial charge in [0.05, 0.1) is 6.10 Å². The van der Waals surface area contributed by atoms with Crippen LogP contribution >= 0.6 is 0 Å². The van der Waals surface area contributed by atoms with Gasteiger partial charge in [0, 0.05) is 12.0 Å². The molecule has 0 amide bonds. The normalized spacial score (nSPS) is 33.8. The molecule has 0 saturated heterocycles. The molecule has 3 atom stereocenters. The van der Waals surface area contributed by atoms with Crippen LogP contribution in [0.2, 0.25) is 0 Å². The summed E-state index contributed by atoms with van der Waals surface area (Å²) in [5.41, 5.74) is 2.05. The molecule has 1 N–H and O–H groups in total. The number of aliphatic hydroxyl groups is 1. The Morgan fingerprint density at radius 3 is 3.00 bits per heavy atom. The minimum absolute atomic E-state index is 0.116. The number of hydrogen-bond acceptors (Lipinski definition) is 2. The van der Waals surface area contributed by atoms with Gasteiger partial charge in [-0.05, 0) is 50.7 Å². The Labute approximate surface area is 115 Å². The van der Waals surface area contributed by atoms with Crippen LogP contribution in [0.3, 0.4) is 0 Å². The van der Waals surface area contributed by atoms with Gasteiger partial charge in [-0.15, -0.1) is 0 Å². The lowest BCUT2D eigenvalue weighted by atomic mass is 9.69. The summed E-state index contributed by atoms with van der Waals surface area (Å²) >= 11 is 0. The summed E-state index contributed by atoms with van der Waals surface area (Å²) in [5.74, 6) is 1.50. The number of aliphatic hydroxyl groups excluding tert-OH is 1. The number of rotatable bonds is 1. The molecular weight excluding hydrogens is 236 g/mol. The Morgan fingerprint density at radius 1 is 1.37 bits per heavy atom. The molecule has 1 aliphatic carbocycles. The fraction of sp³-hybridized carbons (Fsp3) is 0.647. The molecule has 2 aliphatic rings. The summed E-state index contributed by atoms with van der Waals surface area (Å²) in [7, 11) is 0. The molecule has 1 saturated carbocycles. The van der Waals surface area contributed by atoms with E-state index in [4.69, 9.17) is 4.74 Å². The van der Waals surface area contributed by atoms with E-state index in [1.165, 1.54) is 24.8 Å². The van der Waals surface area contributed by atoms with Crippen LogP contribution in [-0.4, -0.2) is 10.7 Å². The first kappa shape index (κ1) is 13.0. The molecule has 0 bridgehead atoms. The zero-order valence-corrected chi connectivity index (χ0v) is 12.0. The third kappa shape index (κ3) is 2.16. The van der Waals surface area contributed by atoms with Gasteiger partial charge in [-0.2, -0.15) is 0 Å². The fourth-order valence-electron chi connectivity index (χ4n) is 3.98. The maximum absolute atomic E-state index is 10.5. The van der Waals surface area contributed by atoms with Gasteiger partial charge >= 0.3 is 0 Å². The Kier molecular flexibility index (Phi) is 3.30. The maximum Gasteiger partial charge on any atom is 0.125 e. The summed E-state index contributed by atoms with van der Waals surface area (Å²) in [6.07, 6.45) is 6.41. The van der Waals surface area contributed by atoms with Crippen LogP contribution in [0.15, 0.2) is 18.2 Å². The van der Waals surface area contributed by atoms with E-state index in [9.17, 15) is 5.11 Å². The van der Waals surface area contributed by atoms with Crippen LogP contribution in [0.5, 0.6) is 5.75 Å². The van der Waals surface area contributed by atoms with Gasteiger partial charge in [-0.3, -0.25) is 0 Å². The molecule has 0 aromatic heterocycles. The average Bonchev–Trinajstić information content (AvgIpc) is 2.40. The highest BCUT2D eigenvalue weighted by Crippen LogP contribution is 2.49. The van der Waals surface area contributed by atoms with Crippen molar-refractivity contribution in [3.8, 4) is 5.75 Å². The summed E-state index contributed by atoms with van der Waals surface area (Å²) < 4.78 is 6.43. The second-order valence-electron chi connectivity index (χ2n) is 6.28. The molecule has 0 radical (unpaired) electrons. The first-order valence-corrected chi connectivity index (χ1v) is 7.62. The Hall–Kier alpha value is -1.02. The van der Waals surface area contributed by atoms with Crippen molar-refractivity contribution < 1.29 is 9.84 Å². The van der Waals surface area contributed by atoms with E-state index >= 15 is 0 Å². The summed E-state index contributed by atoms with van der Waals surface area (Å²) in [5, 5.41) is 10.5. The lowest BCUT2D eigenvalue weighted by Crippen LogP contribution is -2.49. The van der Waals surface area contributed by atoms with Gasteiger partial charge in [0.25, 0.3) is 0 Å². The van der Waals surface area contributed by atoms with E-state index in [2.05, 4.69) is 26.0 Å². The number of ether oxygens (including phenoxy) is 1. The highest BCUT2D eigenvalue weighted by atomic mass is 16.5. The molecule has 2 nitrogen and oxygen atoms in total. The van der Waals surface area contributed by atoms with Crippen LogP contribution in [-0.2, 0) is 0 Å². The second kappa shape index (κ2) is 4.82. The van der Waals surface area contributed by atoms with Crippen LogP contribution < -0.4 is 4.74 Å². The first-order valence-electron chi connectivity index (χ1n) is 7.62. The van der Waals surface area contributed by atoms with Crippen LogP contribution in [0.1, 0.15) is 62.7 Å². The molecular formula is C17H24O2. The van der Waals surface area contributed by atoms with E-state index in [1.54, 1.807) is 0 Å². The first-order chi connectivity index (χ1) is 9.14. The zero-order valence-electron chi connectivity index (χ0n) is 12.0. The van der Waals surface area contributed by atoms with E-state index in [-0.39, 0.29) is 11.7 Å². The maximum atomic E-state index is 10.5. The minimum atomic E-state index is -0.365. The second-order valence-corrected chi connectivity index (χ2v) is 6.28. The smallest absolute Gasteiger partial charge is 0.125 e. The van der Waals surface area contributed by atoms with E-state index in [1.807, 2.05) is 6.07 Å². The molecule has 1 fully saturated rings. The van der Waals surface area contributed by atoms with Crippen molar-refractivity contribution in [1.82, 2.24) is 0 Å². The molecule has 1 aliphatic heterocycles. The van der Waals surface area contributed by atoms with Crippen LogP contribution in [0.4, 0.5) is 0 Å². The molecule has 1 aromatic carbocycles. The van der Waals surface area contributed by atoms with Crippen molar-refractivity contribution >= 4 is 0 Å². The lowest BCUT2D eigenvalue weighted by Gasteiger charge is -2.48. The molecule has 1 aromatic rings. The largest absolute Gasteiger partial charge is 0.486 e. The van der Waals surface area contributed by atoms with Crippen molar-refractivity contribution in [2.24, 2.45) is 5.92 Å². The highest BCUT2D eigenvalue weighted by molar-refractivity contribution is 5.41. The Balaban J connectivity index is 1.97. The number of fused-ring (bicyclic) bond motifs is 1. The molecule has 1 heterocycles.